The van der Waals surface area contributed by atoms with Crippen molar-refractivity contribution < 1.29 is 14.6 Å². The first-order valence-electron chi connectivity index (χ1n) is 4.72. The Kier molecular flexibility index (Phi) is 5.08. The predicted octanol–water partition coefficient (Wildman–Crippen LogP) is 1.19. The van der Waals surface area contributed by atoms with Crippen LogP contribution in [0.25, 0.3) is 0 Å². The number of halogens is 2. The summed E-state index contributed by atoms with van der Waals surface area (Å²) in [6, 6.07) is 4.87. The van der Waals surface area contributed by atoms with Crippen molar-refractivity contribution in [2.24, 2.45) is 11.6 Å². The van der Waals surface area contributed by atoms with Crippen molar-refractivity contribution in [2.75, 3.05) is 0 Å². The summed E-state index contributed by atoms with van der Waals surface area (Å²) in [4.78, 5) is 10.6. The van der Waals surface area contributed by atoms with E-state index in [1.807, 2.05) is 0 Å². The van der Waals surface area contributed by atoms with E-state index in [0.29, 0.717) is 15.6 Å². The zero-order chi connectivity index (χ0) is 13.7. The van der Waals surface area contributed by atoms with Gasteiger partial charge in [-0.1, -0.05) is 29.3 Å². The lowest BCUT2D eigenvalue weighted by Crippen LogP contribution is -2.29. The number of rotatable bonds is 5. The van der Waals surface area contributed by atoms with E-state index in [1.165, 1.54) is 0 Å². The molecule has 8 heteroatoms. The first-order valence-corrected chi connectivity index (χ1v) is 5.47. The van der Waals surface area contributed by atoms with Crippen LogP contribution in [0.5, 0.6) is 0 Å². The molecule has 0 radical (unpaired) electrons. The molecular formula is C10H11Cl2N3O3. The highest BCUT2D eigenvalue weighted by atomic mass is 35.5. The molecule has 0 aliphatic carbocycles. The number of aliphatic carboxylic acids is 1. The van der Waals surface area contributed by atoms with Crippen LogP contribution in [0.3, 0.4) is 0 Å². The van der Waals surface area contributed by atoms with Crippen LogP contribution >= 0.6 is 23.2 Å². The highest BCUT2D eigenvalue weighted by Crippen LogP contribution is 2.23. The second-order valence-corrected chi connectivity index (χ2v) is 4.04. The van der Waals surface area contributed by atoms with Crippen molar-refractivity contribution in [3.05, 3.63) is 45.4 Å². The van der Waals surface area contributed by atoms with Gasteiger partial charge in [0.05, 0.1) is 10.0 Å². The molecule has 0 heterocycles. The second kappa shape index (κ2) is 6.34. The Morgan fingerprint density at radius 2 is 2.06 bits per heavy atom. The summed E-state index contributed by atoms with van der Waals surface area (Å²) < 4.78 is 5.13. The quantitative estimate of drug-likeness (QED) is 0.281. The van der Waals surface area contributed by atoms with E-state index in [0.717, 1.165) is 0 Å². The number of nitrogens with two attached hydrogens (primary N) is 2. The van der Waals surface area contributed by atoms with Gasteiger partial charge < -0.3 is 15.6 Å². The van der Waals surface area contributed by atoms with Crippen LogP contribution in [0, 0.1) is 0 Å². The van der Waals surface area contributed by atoms with Crippen molar-refractivity contribution in [3.8, 4) is 0 Å². The number of carbonyl (C=O) groups is 1. The minimum Gasteiger partial charge on any atom is -0.476 e. The van der Waals surface area contributed by atoms with Crippen molar-refractivity contribution in [1.82, 2.24) is 5.43 Å². The molecule has 0 atom stereocenters. The Bertz CT molecular complexity index is 491. The van der Waals surface area contributed by atoms with Gasteiger partial charge in [-0.2, -0.15) is 0 Å². The zero-order valence-electron chi connectivity index (χ0n) is 9.11. The lowest BCUT2D eigenvalue weighted by atomic mass is 10.2. The van der Waals surface area contributed by atoms with Gasteiger partial charge in [0.2, 0.25) is 5.88 Å². The molecule has 1 rings (SSSR count). The smallest absolute Gasteiger partial charge is 0.357 e. The Hall–Kier alpha value is -1.63. The molecule has 1 aromatic carbocycles. The summed E-state index contributed by atoms with van der Waals surface area (Å²) in [5.41, 5.74) is 7.50. The maximum absolute atomic E-state index is 10.6. The number of carboxylic acids is 1. The zero-order valence-corrected chi connectivity index (χ0v) is 10.6. The monoisotopic (exact) mass is 291 g/mol. The molecule has 98 valence electrons. The SMILES string of the molecule is NN/C(OCc1ccc(Cl)c(Cl)c1)=C(\N)C(=O)O. The Morgan fingerprint density at radius 1 is 1.39 bits per heavy atom. The van der Waals surface area contributed by atoms with E-state index in [2.05, 4.69) is 5.43 Å². The van der Waals surface area contributed by atoms with Gasteiger partial charge in [-0.3, -0.25) is 5.43 Å². The molecule has 18 heavy (non-hydrogen) atoms. The molecule has 0 amide bonds. The van der Waals surface area contributed by atoms with Gasteiger partial charge in [-0.15, -0.1) is 0 Å². The fourth-order valence-electron chi connectivity index (χ4n) is 1.08. The fourth-order valence-corrected chi connectivity index (χ4v) is 1.40. The van der Waals surface area contributed by atoms with E-state index in [1.54, 1.807) is 18.2 Å². The number of ether oxygens (including phenoxy) is 1. The van der Waals surface area contributed by atoms with Crippen LogP contribution in [0.1, 0.15) is 5.56 Å². The molecule has 6 nitrogen and oxygen atoms in total. The van der Waals surface area contributed by atoms with E-state index >= 15 is 0 Å². The largest absolute Gasteiger partial charge is 0.476 e. The molecular weight excluding hydrogens is 281 g/mol. The Balaban J connectivity index is 2.77. The molecule has 0 bridgehead atoms. The standard InChI is InChI=1S/C10H11Cl2N3O3/c11-6-2-1-5(3-7(6)12)4-18-9(15-14)8(13)10(16)17/h1-3,15H,4,13-14H2,(H,16,17)/b9-8+. The van der Waals surface area contributed by atoms with Gasteiger partial charge >= 0.3 is 5.97 Å². The molecule has 0 spiro atoms. The highest BCUT2D eigenvalue weighted by Gasteiger charge is 2.11. The van der Waals surface area contributed by atoms with Crippen molar-refractivity contribution in [2.45, 2.75) is 6.61 Å². The van der Waals surface area contributed by atoms with Gasteiger partial charge in [-0.25, -0.2) is 10.6 Å². The van der Waals surface area contributed by atoms with Crippen molar-refractivity contribution in [3.63, 3.8) is 0 Å². The molecule has 6 N–H and O–H groups in total. The summed E-state index contributed by atoms with van der Waals surface area (Å²) in [6.45, 7) is 0.0460. The maximum Gasteiger partial charge on any atom is 0.357 e. The minimum absolute atomic E-state index is 0.0460. The highest BCUT2D eigenvalue weighted by molar-refractivity contribution is 6.42. The maximum atomic E-state index is 10.6. The van der Waals surface area contributed by atoms with Crippen LogP contribution in [-0.2, 0) is 16.1 Å². The first kappa shape index (κ1) is 14.4. The summed E-state index contributed by atoms with van der Waals surface area (Å²) in [6.07, 6.45) is 0. The summed E-state index contributed by atoms with van der Waals surface area (Å²) in [5, 5.41) is 9.45. The number of hydrogen-bond acceptors (Lipinski definition) is 5. The van der Waals surface area contributed by atoms with Crippen LogP contribution in [0.15, 0.2) is 29.8 Å². The lowest BCUT2D eigenvalue weighted by Gasteiger charge is -2.11. The van der Waals surface area contributed by atoms with E-state index in [4.69, 9.17) is 44.6 Å². The van der Waals surface area contributed by atoms with Gasteiger partial charge in [0, 0.05) is 0 Å². The number of nitrogens with one attached hydrogen (secondary N) is 1. The molecule has 0 unspecified atom stereocenters. The van der Waals surface area contributed by atoms with Crippen molar-refractivity contribution >= 4 is 29.2 Å². The van der Waals surface area contributed by atoms with Crippen LogP contribution in [-0.4, -0.2) is 11.1 Å². The topological polar surface area (TPSA) is 111 Å². The lowest BCUT2D eigenvalue weighted by molar-refractivity contribution is -0.133. The van der Waals surface area contributed by atoms with Crippen LogP contribution < -0.4 is 17.0 Å². The molecule has 0 saturated heterocycles. The summed E-state index contributed by atoms with van der Waals surface area (Å²) in [7, 11) is 0. The molecule has 0 aromatic heterocycles. The van der Waals surface area contributed by atoms with Gasteiger partial charge in [0.15, 0.2) is 5.70 Å². The third-order valence-corrected chi connectivity index (χ3v) is 2.71. The summed E-state index contributed by atoms with van der Waals surface area (Å²) >= 11 is 11.6. The second-order valence-electron chi connectivity index (χ2n) is 3.23. The molecule has 0 fully saturated rings. The molecule has 1 aromatic rings. The molecule has 0 aliphatic rings. The Labute approximate surface area is 113 Å². The van der Waals surface area contributed by atoms with Gasteiger partial charge in [0.25, 0.3) is 0 Å². The van der Waals surface area contributed by atoms with Gasteiger partial charge in [-0.05, 0) is 17.7 Å². The number of hydrogen-bond donors (Lipinski definition) is 4. The minimum atomic E-state index is -1.34. The molecule has 0 saturated carbocycles. The average molecular weight is 292 g/mol. The number of carboxylic acid groups (broad SMARTS) is 1. The fraction of sp³-hybridized carbons (Fsp3) is 0.100. The van der Waals surface area contributed by atoms with E-state index in [9.17, 15) is 4.79 Å². The first-order chi connectivity index (χ1) is 8.45. The Morgan fingerprint density at radius 3 is 2.56 bits per heavy atom. The third kappa shape index (κ3) is 3.69. The molecule has 0 aliphatic heterocycles. The van der Waals surface area contributed by atoms with Gasteiger partial charge in [0.1, 0.15) is 6.61 Å². The predicted molar refractivity (Wildman–Crippen MR) is 67.4 cm³/mol. The van der Waals surface area contributed by atoms with E-state index < -0.39 is 11.7 Å². The van der Waals surface area contributed by atoms with Crippen molar-refractivity contribution in [1.29, 1.82) is 0 Å². The summed E-state index contributed by atoms with van der Waals surface area (Å²) in [5.74, 6) is 3.54. The third-order valence-electron chi connectivity index (χ3n) is 1.97. The number of hydrazine groups is 1. The van der Waals surface area contributed by atoms with Crippen LogP contribution in [0.2, 0.25) is 10.0 Å². The van der Waals surface area contributed by atoms with E-state index in [-0.39, 0.29) is 12.5 Å². The van der Waals surface area contributed by atoms with Crippen LogP contribution in [0.4, 0.5) is 0 Å². The average Bonchev–Trinajstić information content (AvgIpc) is 2.33. The normalized spacial score (nSPS) is 11.7. The number of benzene rings is 1.